The predicted molar refractivity (Wildman–Crippen MR) is 112 cm³/mol. The predicted octanol–water partition coefficient (Wildman–Crippen LogP) is 2.19. The van der Waals surface area contributed by atoms with Crippen molar-refractivity contribution >= 4 is 22.4 Å². The van der Waals surface area contributed by atoms with E-state index in [9.17, 15) is 4.79 Å². The molecular formula is C21H20N6O2. The van der Waals surface area contributed by atoms with Crippen molar-refractivity contribution in [2.75, 3.05) is 36.9 Å². The van der Waals surface area contributed by atoms with Crippen molar-refractivity contribution in [2.45, 2.75) is 0 Å². The van der Waals surface area contributed by atoms with Gasteiger partial charge in [0.1, 0.15) is 11.5 Å². The van der Waals surface area contributed by atoms with Gasteiger partial charge in [-0.1, -0.05) is 11.3 Å². The number of benzene rings is 2. The number of nitrogens with zero attached hydrogens (tertiary/aromatic N) is 4. The molecule has 1 fully saturated rings. The minimum atomic E-state index is -0.0204. The lowest BCUT2D eigenvalue weighted by atomic mass is 10.1. The molecule has 1 saturated heterocycles. The van der Waals surface area contributed by atoms with E-state index in [4.69, 9.17) is 10.5 Å². The summed E-state index contributed by atoms with van der Waals surface area (Å²) in [5, 5.41) is 9.08. The normalized spacial score (nSPS) is 14.4. The molecule has 2 aromatic heterocycles. The highest BCUT2D eigenvalue weighted by Crippen LogP contribution is 2.23. The minimum Gasteiger partial charge on any atom is -0.399 e. The summed E-state index contributed by atoms with van der Waals surface area (Å²) in [5.74, 6) is 0.827. The third-order valence-corrected chi connectivity index (χ3v) is 5.11. The molecule has 3 heterocycles. The molecule has 0 aliphatic carbocycles. The molecule has 0 unspecified atom stereocenters. The molecule has 1 aliphatic rings. The molecule has 8 heteroatoms. The van der Waals surface area contributed by atoms with Crippen molar-refractivity contribution < 1.29 is 4.74 Å². The Kier molecular flexibility index (Phi) is 4.25. The molecule has 0 bridgehead atoms. The standard InChI is InChI=1S/C21H20N6O2/c22-15-2-4-16(5-3-15)27-13-19(24-25-27)14-1-6-18-17(11-14)20(28)12-21(23-18)26-7-9-29-10-8-26/h1-6,11-13H,7-10,22H2,(H,23,28). The number of nitrogen functional groups attached to an aromatic ring is 1. The van der Waals surface area contributed by atoms with E-state index in [1.807, 2.05) is 48.7 Å². The van der Waals surface area contributed by atoms with Gasteiger partial charge in [-0.25, -0.2) is 4.68 Å². The lowest BCUT2D eigenvalue weighted by molar-refractivity contribution is 0.122. The van der Waals surface area contributed by atoms with Crippen molar-refractivity contribution in [1.29, 1.82) is 0 Å². The monoisotopic (exact) mass is 388 g/mol. The third kappa shape index (κ3) is 3.34. The first kappa shape index (κ1) is 17.4. The Morgan fingerprint density at radius 1 is 1.03 bits per heavy atom. The van der Waals surface area contributed by atoms with E-state index in [-0.39, 0.29) is 5.43 Å². The van der Waals surface area contributed by atoms with E-state index >= 15 is 0 Å². The minimum absolute atomic E-state index is 0.0204. The fourth-order valence-corrected chi connectivity index (χ4v) is 3.52. The molecule has 1 aliphatic heterocycles. The fourth-order valence-electron chi connectivity index (χ4n) is 3.52. The van der Waals surface area contributed by atoms with Crippen LogP contribution in [0.3, 0.4) is 0 Å². The number of aromatic amines is 1. The first-order valence-electron chi connectivity index (χ1n) is 9.46. The van der Waals surface area contributed by atoms with Crippen LogP contribution in [0.5, 0.6) is 0 Å². The number of H-pyrrole nitrogens is 1. The molecular weight excluding hydrogens is 368 g/mol. The number of pyridine rings is 1. The molecule has 8 nitrogen and oxygen atoms in total. The highest BCUT2D eigenvalue weighted by molar-refractivity contribution is 5.85. The van der Waals surface area contributed by atoms with Gasteiger partial charge in [0.05, 0.1) is 30.6 Å². The van der Waals surface area contributed by atoms with Gasteiger partial charge in [-0.3, -0.25) is 4.79 Å². The second kappa shape index (κ2) is 7.06. The summed E-state index contributed by atoms with van der Waals surface area (Å²) in [5.41, 5.74) is 9.61. The molecule has 0 saturated carbocycles. The van der Waals surface area contributed by atoms with Gasteiger partial charge in [0.15, 0.2) is 5.43 Å². The summed E-state index contributed by atoms with van der Waals surface area (Å²) in [6, 6.07) is 14.8. The van der Waals surface area contributed by atoms with Gasteiger partial charge in [-0.2, -0.15) is 0 Å². The number of morpholine rings is 1. The number of nitrogens with two attached hydrogens (primary N) is 1. The first-order chi connectivity index (χ1) is 14.2. The highest BCUT2D eigenvalue weighted by Gasteiger charge is 2.14. The third-order valence-electron chi connectivity index (χ3n) is 5.11. The zero-order valence-corrected chi connectivity index (χ0v) is 15.7. The van der Waals surface area contributed by atoms with Crippen LogP contribution in [0.4, 0.5) is 11.5 Å². The number of fused-ring (bicyclic) bond motifs is 1. The Morgan fingerprint density at radius 3 is 2.62 bits per heavy atom. The molecule has 0 spiro atoms. The fraction of sp³-hybridized carbons (Fsp3) is 0.190. The molecule has 0 radical (unpaired) electrons. The van der Waals surface area contributed by atoms with Gasteiger partial charge in [0.2, 0.25) is 0 Å². The Hall–Kier alpha value is -3.65. The van der Waals surface area contributed by atoms with Gasteiger partial charge in [-0.05, 0) is 36.4 Å². The van der Waals surface area contributed by atoms with Crippen LogP contribution in [-0.2, 0) is 4.74 Å². The lowest BCUT2D eigenvalue weighted by Crippen LogP contribution is -2.37. The number of rotatable bonds is 3. The Morgan fingerprint density at radius 2 is 1.83 bits per heavy atom. The maximum atomic E-state index is 12.8. The van der Waals surface area contributed by atoms with Crippen molar-refractivity contribution in [3.05, 3.63) is 65.0 Å². The van der Waals surface area contributed by atoms with E-state index in [0.29, 0.717) is 30.0 Å². The zero-order valence-electron chi connectivity index (χ0n) is 15.7. The summed E-state index contributed by atoms with van der Waals surface area (Å²) in [4.78, 5) is 18.3. The molecule has 146 valence electrons. The SMILES string of the molecule is Nc1ccc(-n2cc(-c3ccc4[nH]c(N5CCOCC5)cc(=O)c4c3)nn2)cc1. The van der Waals surface area contributed by atoms with Gasteiger partial charge >= 0.3 is 0 Å². The molecule has 0 atom stereocenters. The van der Waals surface area contributed by atoms with E-state index in [0.717, 1.165) is 35.7 Å². The average Bonchev–Trinajstić information content (AvgIpc) is 3.25. The average molecular weight is 388 g/mol. The van der Waals surface area contributed by atoms with Crippen molar-refractivity contribution in [3.8, 4) is 16.9 Å². The Balaban J connectivity index is 1.49. The van der Waals surface area contributed by atoms with Gasteiger partial charge in [-0.15, -0.1) is 5.10 Å². The molecule has 4 aromatic rings. The summed E-state index contributed by atoms with van der Waals surface area (Å²) < 4.78 is 7.07. The van der Waals surface area contributed by atoms with Gasteiger partial charge < -0.3 is 20.4 Å². The topological polar surface area (TPSA) is 102 Å². The van der Waals surface area contributed by atoms with Gasteiger partial charge in [0, 0.05) is 35.8 Å². The highest BCUT2D eigenvalue weighted by atomic mass is 16.5. The number of aromatic nitrogens is 4. The summed E-state index contributed by atoms with van der Waals surface area (Å²) in [6.45, 7) is 2.88. The molecule has 3 N–H and O–H groups in total. The molecule has 2 aromatic carbocycles. The Bertz CT molecular complexity index is 1220. The molecule has 29 heavy (non-hydrogen) atoms. The van der Waals surface area contributed by atoms with Gasteiger partial charge in [0.25, 0.3) is 0 Å². The van der Waals surface area contributed by atoms with Crippen LogP contribution < -0.4 is 16.1 Å². The van der Waals surface area contributed by atoms with E-state index < -0.39 is 0 Å². The van der Waals surface area contributed by atoms with Crippen LogP contribution >= 0.6 is 0 Å². The van der Waals surface area contributed by atoms with Crippen molar-refractivity contribution in [3.63, 3.8) is 0 Å². The van der Waals surface area contributed by atoms with E-state index in [1.54, 1.807) is 10.7 Å². The van der Waals surface area contributed by atoms with Crippen LogP contribution in [0.15, 0.2) is 59.5 Å². The summed E-state index contributed by atoms with van der Waals surface area (Å²) in [7, 11) is 0. The maximum absolute atomic E-state index is 12.8. The largest absolute Gasteiger partial charge is 0.399 e. The Labute approximate surface area is 166 Å². The zero-order chi connectivity index (χ0) is 19.8. The lowest BCUT2D eigenvalue weighted by Gasteiger charge is -2.28. The van der Waals surface area contributed by atoms with E-state index in [1.165, 1.54) is 0 Å². The second-order valence-corrected chi connectivity index (χ2v) is 7.02. The van der Waals surface area contributed by atoms with Crippen LogP contribution in [0, 0.1) is 0 Å². The molecule has 0 amide bonds. The summed E-state index contributed by atoms with van der Waals surface area (Å²) in [6.07, 6.45) is 1.84. The van der Waals surface area contributed by atoms with Crippen LogP contribution in [0.2, 0.25) is 0 Å². The van der Waals surface area contributed by atoms with Crippen LogP contribution in [0.1, 0.15) is 0 Å². The number of hydrogen-bond donors (Lipinski definition) is 2. The van der Waals surface area contributed by atoms with Crippen LogP contribution in [0.25, 0.3) is 27.8 Å². The van der Waals surface area contributed by atoms with Crippen molar-refractivity contribution in [2.24, 2.45) is 0 Å². The van der Waals surface area contributed by atoms with Crippen molar-refractivity contribution in [1.82, 2.24) is 20.0 Å². The number of nitrogens with one attached hydrogen (secondary N) is 1. The number of ether oxygens (including phenoxy) is 1. The first-order valence-corrected chi connectivity index (χ1v) is 9.46. The van der Waals surface area contributed by atoms with Crippen LogP contribution in [-0.4, -0.2) is 46.3 Å². The number of anilines is 2. The smallest absolute Gasteiger partial charge is 0.191 e. The quantitative estimate of drug-likeness (QED) is 0.522. The van der Waals surface area contributed by atoms with E-state index in [2.05, 4.69) is 20.2 Å². The summed E-state index contributed by atoms with van der Waals surface area (Å²) >= 11 is 0. The number of hydrogen-bond acceptors (Lipinski definition) is 6. The maximum Gasteiger partial charge on any atom is 0.191 e. The second-order valence-electron chi connectivity index (χ2n) is 7.02. The molecule has 5 rings (SSSR count).